The highest BCUT2D eigenvalue weighted by Crippen LogP contribution is 2.35. The summed E-state index contributed by atoms with van der Waals surface area (Å²) in [5.74, 6) is 0.132. The molecule has 0 radical (unpaired) electrons. The Morgan fingerprint density at radius 2 is 2.26 bits per heavy atom. The van der Waals surface area contributed by atoms with Crippen molar-refractivity contribution in [1.29, 1.82) is 0 Å². The first kappa shape index (κ1) is 12.9. The van der Waals surface area contributed by atoms with E-state index in [0.717, 1.165) is 41.8 Å². The molecular weight excluding hydrogens is 308 g/mol. The second kappa shape index (κ2) is 5.13. The van der Waals surface area contributed by atoms with Crippen molar-refractivity contribution in [3.63, 3.8) is 0 Å². The van der Waals surface area contributed by atoms with Crippen molar-refractivity contribution < 1.29 is 9.53 Å². The van der Waals surface area contributed by atoms with Gasteiger partial charge in [-0.1, -0.05) is 15.9 Å². The fraction of sp³-hybridized carbons (Fsp3) is 0.500. The van der Waals surface area contributed by atoms with Crippen LogP contribution < -0.4 is 9.80 Å². The molecule has 2 aliphatic heterocycles. The Morgan fingerprint density at radius 1 is 1.42 bits per heavy atom. The number of carbonyl (C=O) groups excluding carboxylic acids is 1. The van der Waals surface area contributed by atoms with Gasteiger partial charge in [-0.15, -0.1) is 0 Å². The zero-order chi connectivity index (χ0) is 13.4. The monoisotopic (exact) mass is 324 g/mol. The van der Waals surface area contributed by atoms with E-state index >= 15 is 0 Å². The van der Waals surface area contributed by atoms with Crippen molar-refractivity contribution >= 4 is 33.2 Å². The predicted octanol–water partition coefficient (Wildman–Crippen LogP) is 2.41. The summed E-state index contributed by atoms with van der Waals surface area (Å²) in [4.78, 5) is 15.9. The minimum Gasteiger partial charge on any atom is -0.376 e. The third-order valence-corrected chi connectivity index (χ3v) is 4.28. The number of carbonyl (C=O) groups is 1. The fourth-order valence-electron chi connectivity index (χ4n) is 2.72. The number of halogens is 1. The molecule has 1 aromatic carbocycles. The van der Waals surface area contributed by atoms with Gasteiger partial charge >= 0.3 is 0 Å². The first-order valence-electron chi connectivity index (χ1n) is 6.58. The lowest BCUT2D eigenvalue weighted by molar-refractivity contribution is -0.117. The molecule has 0 spiro atoms. The Morgan fingerprint density at radius 3 is 3.00 bits per heavy atom. The van der Waals surface area contributed by atoms with Crippen molar-refractivity contribution in [1.82, 2.24) is 0 Å². The van der Waals surface area contributed by atoms with Crippen LogP contribution >= 0.6 is 15.9 Å². The number of amides is 1. The molecule has 0 N–H and O–H groups in total. The van der Waals surface area contributed by atoms with Crippen molar-refractivity contribution in [2.24, 2.45) is 0 Å². The van der Waals surface area contributed by atoms with Crippen LogP contribution in [0.25, 0.3) is 0 Å². The molecule has 1 saturated heterocycles. The Labute approximate surface area is 121 Å². The van der Waals surface area contributed by atoms with Crippen LogP contribution in [0.2, 0.25) is 0 Å². The van der Waals surface area contributed by atoms with Gasteiger partial charge in [0.15, 0.2) is 0 Å². The van der Waals surface area contributed by atoms with E-state index in [1.165, 1.54) is 0 Å². The maximum absolute atomic E-state index is 12.1. The molecule has 0 aromatic heterocycles. The first-order valence-corrected chi connectivity index (χ1v) is 7.37. The number of benzene rings is 1. The molecule has 19 heavy (non-hydrogen) atoms. The van der Waals surface area contributed by atoms with Crippen LogP contribution in [-0.4, -0.2) is 38.8 Å². The zero-order valence-corrected chi connectivity index (χ0v) is 12.5. The van der Waals surface area contributed by atoms with E-state index in [4.69, 9.17) is 4.74 Å². The maximum atomic E-state index is 12.1. The van der Waals surface area contributed by atoms with Gasteiger partial charge in [0.05, 0.1) is 24.0 Å². The van der Waals surface area contributed by atoms with Crippen LogP contribution in [0.5, 0.6) is 0 Å². The third kappa shape index (κ3) is 2.49. The lowest BCUT2D eigenvalue weighted by Crippen LogP contribution is -2.46. The summed E-state index contributed by atoms with van der Waals surface area (Å²) in [7, 11) is 1.83. The molecule has 5 heteroatoms. The normalized spacial score (nSPS) is 22.8. The highest BCUT2D eigenvalue weighted by Gasteiger charge is 2.29. The van der Waals surface area contributed by atoms with E-state index in [9.17, 15) is 4.79 Å². The number of hydrogen-bond donors (Lipinski definition) is 0. The summed E-state index contributed by atoms with van der Waals surface area (Å²) in [6.45, 7) is 2.07. The van der Waals surface area contributed by atoms with Crippen LogP contribution in [0.3, 0.4) is 0 Å². The molecule has 102 valence electrons. The van der Waals surface area contributed by atoms with Crippen LogP contribution in [0.15, 0.2) is 22.7 Å². The van der Waals surface area contributed by atoms with Crippen LogP contribution in [0, 0.1) is 0 Å². The molecular formula is C14H17BrN2O2. The number of nitrogens with zero attached hydrogens (tertiary/aromatic N) is 2. The molecule has 0 bridgehead atoms. The van der Waals surface area contributed by atoms with Gasteiger partial charge in [-0.2, -0.15) is 0 Å². The molecule has 3 rings (SSSR count). The molecule has 1 unspecified atom stereocenters. The average Bonchev–Trinajstić information content (AvgIpc) is 2.88. The number of ether oxygens (including phenoxy) is 1. The minimum absolute atomic E-state index is 0.132. The standard InChI is InChI=1S/C14H17BrN2O2/c1-16-12-5-4-10(15)7-13(12)17(9-14(16)18)8-11-3-2-6-19-11/h4-5,7,11H,2-3,6,8-9H2,1H3. The van der Waals surface area contributed by atoms with E-state index < -0.39 is 0 Å². The van der Waals surface area contributed by atoms with Gasteiger partial charge < -0.3 is 14.5 Å². The molecule has 1 fully saturated rings. The minimum atomic E-state index is 0.132. The van der Waals surface area contributed by atoms with E-state index in [2.05, 4.69) is 26.9 Å². The summed E-state index contributed by atoms with van der Waals surface area (Å²) in [6, 6.07) is 6.03. The van der Waals surface area contributed by atoms with Gasteiger partial charge in [0.2, 0.25) is 5.91 Å². The van der Waals surface area contributed by atoms with Gasteiger partial charge in [0, 0.05) is 24.7 Å². The quantitative estimate of drug-likeness (QED) is 0.837. The highest BCUT2D eigenvalue weighted by atomic mass is 79.9. The number of hydrogen-bond acceptors (Lipinski definition) is 3. The van der Waals surface area contributed by atoms with Crippen molar-refractivity contribution in [2.75, 3.05) is 36.5 Å². The van der Waals surface area contributed by atoms with Crippen LogP contribution in [0.1, 0.15) is 12.8 Å². The van der Waals surface area contributed by atoms with Crippen LogP contribution in [0.4, 0.5) is 11.4 Å². The number of fused-ring (bicyclic) bond motifs is 1. The number of likely N-dealkylation sites (N-methyl/N-ethyl adjacent to an activating group) is 1. The van der Waals surface area contributed by atoms with E-state index in [1.807, 2.05) is 19.2 Å². The third-order valence-electron chi connectivity index (χ3n) is 3.79. The van der Waals surface area contributed by atoms with Gasteiger partial charge in [0.25, 0.3) is 0 Å². The molecule has 1 atom stereocenters. The summed E-state index contributed by atoms with van der Waals surface area (Å²) in [5, 5.41) is 0. The lowest BCUT2D eigenvalue weighted by atomic mass is 10.1. The molecule has 0 aliphatic carbocycles. The topological polar surface area (TPSA) is 32.8 Å². The Kier molecular flexibility index (Phi) is 3.50. The number of anilines is 2. The summed E-state index contributed by atoms with van der Waals surface area (Å²) in [6.07, 6.45) is 2.46. The molecule has 2 aliphatic rings. The second-order valence-electron chi connectivity index (χ2n) is 5.10. The van der Waals surface area contributed by atoms with Gasteiger partial charge in [-0.25, -0.2) is 0 Å². The summed E-state index contributed by atoms with van der Waals surface area (Å²) < 4.78 is 6.72. The Bertz CT molecular complexity index is 500. The van der Waals surface area contributed by atoms with Crippen molar-refractivity contribution in [3.8, 4) is 0 Å². The van der Waals surface area contributed by atoms with Crippen LogP contribution in [-0.2, 0) is 9.53 Å². The summed E-state index contributed by atoms with van der Waals surface area (Å²) in [5.41, 5.74) is 2.07. The first-order chi connectivity index (χ1) is 9.15. The van der Waals surface area contributed by atoms with E-state index in [1.54, 1.807) is 4.90 Å². The maximum Gasteiger partial charge on any atom is 0.246 e. The lowest BCUT2D eigenvalue weighted by Gasteiger charge is -2.36. The Balaban J connectivity index is 1.90. The molecule has 1 aromatic rings. The highest BCUT2D eigenvalue weighted by molar-refractivity contribution is 9.10. The van der Waals surface area contributed by atoms with Gasteiger partial charge in [-0.3, -0.25) is 4.79 Å². The SMILES string of the molecule is CN1C(=O)CN(CC2CCCO2)c2cc(Br)ccc21. The van der Waals surface area contributed by atoms with E-state index in [-0.39, 0.29) is 12.0 Å². The van der Waals surface area contributed by atoms with Crippen molar-refractivity contribution in [3.05, 3.63) is 22.7 Å². The zero-order valence-electron chi connectivity index (χ0n) is 10.9. The second-order valence-corrected chi connectivity index (χ2v) is 6.02. The molecule has 1 amide bonds. The summed E-state index contributed by atoms with van der Waals surface area (Å²) >= 11 is 3.50. The molecule has 0 saturated carbocycles. The average molecular weight is 325 g/mol. The van der Waals surface area contributed by atoms with Crippen molar-refractivity contribution in [2.45, 2.75) is 18.9 Å². The molecule has 2 heterocycles. The largest absolute Gasteiger partial charge is 0.376 e. The van der Waals surface area contributed by atoms with E-state index in [0.29, 0.717) is 6.54 Å². The van der Waals surface area contributed by atoms with Gasteiger partial charge in [-0.05, 0) is 31.0 Å². The molecule has 4 nitrogen and oxygen atoms in total. The predicted molar refractivity (Wildman–Crippen MR) is 78.7 cm³/mol. The fourth-order valence-corrected chi connectivity index (χ4v) is 3.07. The van der Waals surface area contributed by atoms with Gasteiger partial charge in [0.1, 0.15) is 0 Å². The smallest absolute Gasteiger partial charge is 0.246 e. The number of rotatable bonds is 2. The Hall–Kier alpha value is -1.07.